The minimum Gasteiger partial charge on any atom is -0.496 e. The summed E-state index contributed by atoms with van der Waals surface area (Å²) in [6, 6.07) is 9.04. The summed E-state index contributed by atoms with van der Waals surface area (Å²) >= 11 is 5.02. The average molecular weight is 566 g/mol. The number of thiophene rings is 1. The molecule has 1 aromatic carbocycles. The van der Waals surface area contributed by atoms with Gasteiger partial charge >= 0.3 is 5.97 Å². The zero-order chi connectivity index (χ0) is 22.1. The summed E-state index contributed by atoms with van der Waals surface area (Å²) in [5.74, 6) is 0.341. The lowest BCUT2D eigenvalue weighted by molar-refractivity contribution is -0.139. The molecule has 0 amide bonds. The highest BCUT2D eigenvalue weighted by Gasteiger charge is 2.33. The van der Waals surface area contributed by atoms with Crippen LogP contribution in [-0.4, -0.2) is 24.3 Å². The van der Waals surface area contributed by atoms with E-state index in [-0.39, 0.29) is 12.2 Å². The number of carbonyl (C=O) groups is 1. The first-order valence-corrected chi connectivity index (χ1v) is 12.3. The zero-order valence-electron chi connectivity index (χ0n) is 17.0. The van der Waals surface area contributed by atoms with Gasteiger partial charge in [-0.1, -0.05) is 23.5 Å². The predicted molar refractivity (Wildman–Crippen MR) is 130 cm³/mol. The van der Waals surface area contributed by atoms with Gasteiger partial charge in [-0.2, -0.15) is 0 Å². The Bertz CT molecular complexity index is 1350. The van der Waals surface area contributed by atoms with E-state index in [1.807, 2.05) is 41.8 Å². The summed E-state index contributed by atoms with van der Waals surface area (Å²) < 4.78 is 13.7. The molecule has 0 saturated carbocycles. The number of hydrogen-bond donors (Lipinski definition) is 0. The number of thiazole rings is 1. The Balaban J connectivity index is 1.91. The molecule has 3 aromatic rings. The Hall–Kier alpha value is -2.24. The minimum atomic E-state index is -0.548. The molecule has 0 aliphatic carbocycles. The molecular formula is C22H19IN2O4S2. The van der Waals surface area contributed by atoms with Gasteiger partial charge in [-0.15, -0.1) is 11.3 Å². The lowest BCUT2D eigenvalue weighted by atomic mass is 10.0. The summed E-state index contributed by atoms with van der Waals surface area (Å²) in [5, 5.41) is 1.93. The van der Waals surface area contributed by atoms with Crippen molar-refractivity contribution in [2.24, 2.45) is 4.99 Å². The highest BCUT2D eigenvalue weighted by atomic mass is 127. The number of allylic oxidation sites excluding steroid dienone is 1. The van der Waals surface area contributed by atoms with Crippen LogP contribution in [0.4, 0.5) is 0 Å². The van der Waals surface area contributed by atoms with Gasteiger partial charge in [0.1, 0.15) is 11.8 Å². The second kappa shape index (κ2) is 9.09. The fraction of sp³-hybridized carbons (Fsp3) is 0.227. The monoisotopic (exact) mass is 566 g/mol. The van der Waals surface area contributed by atoms with Crippen LogP contribution in [0.25, 0.3) is 6.08 Å². The van der Waals surface area contributed by atoms with Crippen LogP contribution in [-0.2, 0) is 9.53 Å². The maximum atomic E-state index is 13.4. The van der Waals surface area contributed by atoms with Gasteiger partial charge in [-0.05, 0) is 71.7 Å². The molecule has 0 bridgehead atoms. The van der Waals surface area contributed by atoms with Crippen molar-refractivity contribution in [2.75, 3.05) is 13.7 Å². The summed E-state index contributed by atoms with van der Waals surface area (Å²) in [7, 11) is 1.63. The Morgan fingerprint density at radius 3 is 2.81 bits per heavy atom. The van der Waals surface area contributed by atoms with Gasteiger partial charge in [0, 0.05) is 4.88 Å². The second-order valence-electron chi connectivity index (χ2n) is 6.71. The molecule has 1 aliphatic heterocycles. The number of hydrogen-bond acceptors (Lipinski definition) is 7. The van der Waals surface area contributed by atoms with Gasteiger partial charge in [0.2, 0.25) is 0 Å². The van der Waals surface area contributed by atoms with E-state index in [0.29, 0.717) is 20.6 Å². The molecule has 0 saturated heterocycles. The molecule has 160 valence electrons. The number of benzene rings is 1. The molecule has 0 unspecified atom stereocenters. The van der Waals surface area contributed by atoms with E-state index < -0.39 is 12.0 Å². The second-order valence-corrected chi connectivity index (χ2v) is 9.86. The topological polar surface area (TPSA) is 69.9 Å². The number of carbonyl (C=O) groups excluding carboxylic acids is 1. The number of rotatable bonds is 5. The van der Waals surface area contributed by atoms with E-state index in [1.165, 1.54) is 22.7 Å². The van der Waals surface area contributed by atoms with Crippen LogP contribution in [0.5, 0.6) is 5.75 Å². The van der Waals surface area contributed by atoms with E-state index in [4.69, 9.17) is 9.47 Å². The third-order valence-corrected chi connectivity index (χ3v) is 7.55. The lowest BCUT2D eigenvalue weighted by Crippen LogP contribution is -2.39. The average Bonchev–Trinajstić information content (AvgIpc) is 3.36. The number of ether oxygens (including phenoxy) is 2. The Kier molecular flexibility index (Phi) is 6.44. The van der Waals surface area contributed by atoms with Gasteiger partial charge in [-0.25, -0.2) is 9.79 Å². The SMILES string of the molecule is CCOC(=O)C1=C(C)N=c2s/c(=C/c3ccc(OC)c(I)c3)c(=O)n2[C@H]1c1cccs1. The molecule has 4 rings (SSSR count). The highest BCUT2D eigenvalue weighted by Crippen LogP contribution is 2.33. The molecular weight excluding hydrogens is 547 g/mol. The van der Waals surface area contributed by atoms with E-state index in [1.54, 1.807) is 25.5 Å². The van der Waals surface area contributed by atoms with Gasteiger partial charge in [0.25, 0.3) is 5.56 Å². The first-order chi connectivity index (χ1) is 14.9. The van der Waals surface area contributed by atoms with E-state index in [9.17, 15) is 9.59 Å². The van der Waals surface area contributed by atoms with Crippen molar-refractivity contribution in [3.8, 4) is 5.75 Å². The van der Waals surface area contributed by atoms with Gasteiger partial charge in [0.15, 0.2) is 4.80 Å². The van der Waals surface area contributed by atoms with Crippen molar-refractivity contribution in [1.29, 1.82) is 0 Å². The van der Waals surface area contributed by atoms with Crippen LogP contribution >= 0.6 is 45.3 Å². The molecule has 0 spiro atoms. The molecule has 2 aromatic heterocycles. The van der Waals surface area contributed by atoms with Crippen molar-refractivity contribution in [2.45, 2.75) is 19.9 Å². The van der Waals surface area contributed by atoms with Crippen molar-refractivity contribution in [1.82, 2.24) is 4.57 Å². The fourth-order valence-corrected chi connectivity index (χ4v) is 6.06. The molecule has 3 heterocycles. The summed E-state index contributed by atoms with van der Waals surface area (Å²) in [6.45, 7) is 3.81. The maximum absolute atomic E-state index is 13.4. The van der Waals surface area contributed by atoms with Crippen LogP contribution in [0, 0.1) is 3.57 Å². The van der Waals surface area contributed by atoms with Gasteiger partial charge in [0.05, 0.1) is 33.1 Å². The third kappa shape index (κ3) is 4.13. The first kappa shape index (κ1) is 22.0. The highest BCUT2D eigenvalue weighted by molar-refractivity contribution is 14.1. The molecule has 31 heavy (non-hydrogen) atoms. The first-order valence-electron chi connectivity index (χ1n) is 9.51. The van der Waals surface area contributed by atoms with Gasteiger partial charge < -0.3 is 9.47 Å². The number of halogens is 1. The molecule has 6 nitrogen and oxygen atoms in total. The third-order valence-electron chi connectivity index (χ3n) is 4.80. The quantitative estimate of drug-likeness (QED) is 0.351. The molecule has 1 atom stereocenters. The van der Waals surface area contributed by atoms with Crippen LogP contribution in [0.2, 0.25) is 0 Å². The summed E-state index contributed by atoms with van der Waals surface area (Å²) in [4.78, 5) is 32.3. The standard InChI is InChI=1S/C22H19IN2O4S2/c1-4-29-21(27)18-12(2)24-22-25(19(18)16-6-5-9-30-16)20(26)17(31-22)11-13-7-8-15(28-3)14(23)10-13/h5-11,19H,4H2,1-3H3/b17-11+/t19-/m0/s1. The van der Waals surface area contributed by atoms with Crippen molar-refractivity contribution in [3.05, 3.63) is 80.7 Å². The molecule has 0 radical (unpaired) electrons. The molecule has 1 aliphatic rings. The number of nitrogens with zero attached hydrogens (tertiary/aromatic N) is 2. The number of fused-ring (bicyclic) bond motifs is 1. The van der Waals surface area contributed by atoms with Crippen LogP contribution in [0.3, 0.4) is 0 Å². The zero-order valence-corrected chi connectivity index (χ0v) is 20.8. The van der Waals surface area contributed by atoms with Crippen molar-refractivity contribution >= 4 is 57.3 Å². The molecule has 0 fully saturated rings. The summed E-state index contributed by atoms with van der Waals surface area (Å²) in [5.41, 5.74) is 1.69. The number of aromatic nitrogens is 1. The largest absolute Gasteiger partial charge is 0.496 e. The van der Waals surface area contributed by atoms with E-state index in [2.05, 4.69) is 27.6 Å². The van der Waals surface area contributed by atoms with Gasteiger partial charge in [-0.3, -0.25) is 9.36 Å². The Labute approximate surface area is 200 Å². The Morgan fingerprint density at radius 1 is 1.35 bits per heavy atom. The van der Waals surface area contributed by atoms with Crippen LogP contribution in [0.15, 0.2) is 56.8 Å². The predicted octanol–water partition coefficient (Wildman–Crippen LogP) is 3.47. The van der Waals surface area contributed by atoms with Crippen molar-refractivity contribution < 1.29 is 14.3 Å². The van der Waals surface area contributed by atoms with Crippen LogP contribution in [0.1, 0.15) is 30.3 Å². The number of esters is 1. The van der Waals surface area contributed by atoms with E-state index in [0.717, 1.165) is 19.8 Å². The molecule has 9 heteroatoms. The Morgan fingerprint density at radius 2 is 2.16 bits per heavy atom. The minimum absolute atomic E-state index is 0.178. The van der Waals surface area contributed by atoms with Crippen LogP contribution < -0.4 is 19.6 Å². The normalized spacial score (nSPS) is 16.1. The lowest BCUT2D eigenvalue weighted by Gasteiger charge is -2.23. The fourth-order valence-electron chi connectivity index (χ4n) is 3.43. The maximum Gasteiger partial charge on any atom is 0.338 e. The summed E-state index contributed by atoms with van der Waals surface area (Å²) in [6.07, 6.45) is 1.85. The van der Waals surface area contributed by atoms with Crippen molar-refractivity contribution in [3.63, 3.8) is 0 Å². The smallest absolute Gasteiger partial charge is 0.338 e. The molecule has 0 N–H and O–H groups in total. The van der Waals surface area contributed by atoms with E-state index >= 15 is 0 Å². The number of methoxy groups -OCH3 is 1.